The lowest BCUT2D eigenvalue weighted by Gasteiger charge is -2.27. The number of methoxy groups -OCH3 is 4. The molecule has 0 unspecified atom stereocenters. The Morgan fingerprint density at radius 2 is 1.45 bits per heavy atom. The first-order chi connectivity index (χ1) is 13.9. The molecule has 0 aliphatic heterocycles. The number of nitrogens with two attached hydrogens (primary N) is 1. The van der Waals surface area contributed by atoms with Crippen LogP contribution in [0.5, 0.6) is 23.0 Å². The third-order valence-corrected chi connectivity index (χ3v) is 4.53. The van der Waals surface area contributed by atoms with Crippen LogP contribution < -0.4 is 24.7 Å². The fraction of sp³-hybridized carbons (Fsp3) is 0.409. The third kappa shape index (κ3) is 4.92. The number of rotatable bonds is 9. The second-order valence-electron chi connectivity index (χ2n) is 6.69. The lowest BCUT2D eigenvalue weighted by atomic mass is 9.84. The van der Waals surface area contributed by atoms with Gasteiger partial charge in [0.25, 0.3) is 0 Å². The quantitative estimate of drug-likeness (QED) is 0.644. The summed E-state index contributed by atoms with van der Waals surface area (Å²) in [6.07, 6.45) is -0.280. The highest BCUT2D eigenvalue weighted by molar-refractivity contribution is 5.79. The molecule has 2 aromatic carbocycles. The Hall–Kier alpha value is -2.93. The molecule has 2 atom stereocenters. The summed E-state index contributed by atoms with van der Waals surface area (Å²) in [5, 5.41) is 0. The van der Waals surface area contributed by atoms with Gasteiger partial charge in [-0.05, 0) is 37.6 Å². The molecule has 29 heavy (non-hydrogen) atoms. The molecule has 0 radical (unpaired) electrons. The van der Waals surface area contributed by atoms with Gasteiger partial charge in [-0.3, -0.25) is 4.79 Å². The molecule has 2 rings (SSSR count). The van der Waals surface area contributed by atoms with E-state index in [0.717, 1.165) is 5.56 Å². The Balaban J connectivity index is 2.65. The van der Waals surface area contributed by atoms with Gasteiger partial charge in [0.1, 0.15) is 11.8 Å². The van der Waals surface area contributed by atoms with Crippen LogP contribution >= 0.6 is 0 Å². The predicted octanol–water partition coefficient (Wildman–Crippen LogP) is 3.13. The second-order valence-corrected chi connectivity index (χ2v) is 6.69. The van der Waals surface area contributed by atoms with Crippen molar-refractivity contribution in [3.05, 3.63) is 47.5 Å². The molecule has 7 heteroatoms. The number of carbonyl (C=O) groups is 1. The molecule has 0 aliphatic carbocycles. The normalized spacial score (nSPS) is 12.8. The molecule has 0 bridgehead atoms. The molecule has 7 nitrogen and oxygen atoms in total. The van der Waals surface area contributed by atoms with E-state index in [1.54, 1.807) is 34.1 Å². The standard InChI is InChI=1S/C22H29NO6/c1-13(2)29-22(24)19(23)18(14-7-9-15(25-3)10-8-14)16-11-12-17(26-4)21(28-6)20(16)27-5/h7-13,18-19H,23H2,1-6H3/t18-,19+/m1/s1. The predicted molar refractivity (Wildman–Crippen MR) is 110 cm³/mol. The van der Waals surface area contributed by atoms with Crippen molar-refractivity contribution in [2.24, 2.45) is 5.73 Å². The Morgan fingerprint density at radius 3 is 1.93 bits per heavy atom. The number of benzene rings is 2. The van der Waals surface area contributed by atoms with E-state index in [4.69, 9.17) is 29.4 Å². The maximum Gasteiger partial charge on any atom is 0.324 e. The molecule has 0 aromatic heterocycles. The Morgan fingerprint density at radius 1 is 0.828 bits per heavy atom. The van der Waals surface area contributed by atoms with Crippen molar-refractivity contribution in [2.75, 3.05) is 28.4 Å². The summed E-state index contributed by atoms with van der Waals surface area (Å²) in [6.45, 7) is 3.56. The van der Waals surface area contributed by atoms with Crippen LogP contribution in [0.2, 0.25) is 0 Å². The van der Waals surface area contributed by atoms with Crippen LogP contribution in [0.4, 0.5) is 0 Å². The van der Waals surface area contributed by atoms with E-state index in [1.807, 2.05) is 30.3 Å². The lowest BCUT2D eigenvalue weighted by molar-refractivity contribution is -0.149. The molecule has 0 saturated carbocycles. The first-order valence-electron chi connectivity index (χ1n) is 9.26. The average molecular weight is 403 g/mol. The highest BCUT2D eigenvalue weighted by Crippen LogP contribution is 2.45. The average Bonchev–Trinajstić information content (AvgIpc) is 2.73. The third-order valence-electron chi connectivity index (χ3n) is 4.53. The van der Waals surface area contributed by atoms with Crippen molar-refractivity contribution in [3.8, 4) is 23.0 Å². The van der Waals surface area contributed by atoms with Gasteiger partial charge < -0.3 is 29.4 Å². The highest BCUT2D eigenvalue weighted by Gasteiger charge is 2.33. The van der Waals surface area contributed by atoms with E-state index >= 15 is 0 Å². The summed E-state index contributed by atoms with van der Waals surface area (Å²) >= 11 is 0. The van der Waals surface area contributed by atoms with Crippen LogP contribution in [0, 0.1) is 0 Å². The molecule has 158 valence electrons. The van der Waals surface area contributed by atoms with Gasteiger partial charge in [-0.2, -0.15) is 0 Å². The summed E-state index contributed by atoms with van der Waals surface area (Å²) < 4.78 is 27.1. The molecular weight excluding hydrogens is 374 g/mol. The zero-order valence-electron chi connectivity index (χ0n) is 17.7. The van der Waals surface area contributed by atoms with Crippen LogP contribution in [0.15, 0.2) is 36.4 Å². The van der Waals surface area contributed by atoms with Gasteiger partial charge in [-0.1, -0.05) is 18.2 Å². The van der Waals surface area contributed by atoms with Gasteiger partial charge in [0.2, 0.25) is 5.75 Å². The second kappa shape index (κ2) is 10.0. The first-order valence-corrected chi connectivity index (χ1v) is 9.26. The van der Waals surface area contributed by atoms with Crippen molar-refractivity contribution in [2.45, 2.75) is 31.9 Å². The van der Waals surface area contributed by atoms with E-state index in [9.17, 15) is 4.79 Å². The van der Waals surface area contributed by atoms with Crippen LogP contribution in [-0.4, -0.2) is 46.6 Å². The van der Waals surface area contributed by atoms with Crippen LogP contribution in [0.25, 0.3) is 0 Å². The molecular formula is C22H29NO6. The summed E-state index contributed by atoms with van der Waals surface area (Å²) in [5.74, 6) is 1.04. The number of carbonyl (C=O) groups excluding carboxylic acids is 1. The van der Waals surface area contributed by atoms with Gasteiger partial charge in [-0.15, -0.1) is 0 Å². The minimum Gasteiger partial charge on any atom is -0.497 e. The smallest absolute Gasteiger partial charge is 0.324 e. The van der Waals surface area contributed by atoms with Crippen LogP contribution in [0.3, 0.4) is 0 Å². The van der Waals surface area contributed by atoms with Gasteiger partial charge in [0.15, 0.2) is 11.5 Å². The van der Waals surface area contributed by atoms with E-state index in [2.05, 4.69) is 0 Å². The summed E-state index contributed by atoms with van der Waals surface area (Å²) in [7, 11) is 6.20. The number of esters is 1. The summed E-state index contributed by atoms with van der Waals surface area (Å²) in [4.78, 5) is 12.7. The van der Waals surface area contributed by atoms with Gasteiger partial charge in [0.05, 0.1) is 34.5 Å². The fourth-order valence-corrected chi connectivity index (χ4v) is 3.21. The molecule has 0 fully saturated rings. The van der Waals surface area contributed by atoms with Crippen molar-refractivity contribution in [3.63, 3.8) is 0 Å². The van der Waals surface area contributed by atoms with Crippen molar-refractivity contribution >= 4 is 5.97 Å². The Kier molecular flexibility index (Phi) is 7.73. The van der Waals surface area contributed by atoms with Crippen molar-refractivity contribution in [1.82, 2.24) is 0 Å². The zero-order valence-corrected chi connectivity index (χ0v) is 17.7. The van der Waals surface area contributed by atoms with E-state index in [1.165, 1.54) is 14.2 Å². The van der Waals surface area contributed by atoms with Crippen LogP contribution in [-0.2, 0) is 9.53 Å². The maximum atomic E-state index is 12.7. The zero-order chi connectivity index (χ0) is 21.6. The fourth-order valence-electron chi connectivity index (χ4n) is 3.21. The largest absolute Gasteiger partial charge is 0.497 e. The Bertz CT molecular complexity index is 819. The molecule has 2 N–H and O–H groups in total. The molecule has 0 amide bonds. The molecule has 0 saturated heterocycles. The molecule has 2 aromatic rings. The summed E-state index contributed by atoms with van der Waals surface area (Å²) in [6, 6.07) is 9.97. The number of ether oxygens (including phenoxy) is 5. The monoisotopic (exact) mass is 403 g/mol. The van der Waals surface area contributed by atoms with Crippen molar-refractivity contribution < 1.29 is 28.5 Å². The Labute approximate surface area is 171 Å². The van der Waals surface area contributed by atoms with E-state index < -0.39 is 17.9 Å². The molecule has 0 aliphatic rings. The molecule has 0 spiro atoms. The van der Waals surface area contributed by atoms with Gasteiger partial charge >= 0.3 is 5.97 Å². The minimum absolute atomic E-state index is 0.280. The van der Waals surface area contributed by atoms with Crippen molar-refractivity contribution in [1.29, 1.82) is 0 Å². The first kappa shape index (κ1) is 22.4. The van der Waals surface area contributed by atoms with E-state index in [-0.39, 0.29) is 6.10 Å². The minimum atomic E-state index is -0.960. The van der Waals surface area contributed by atoms with Crippen LogP contribution in [0.1, 0.15) is 30.9 Å². The molecule has 0 heterocycles. The maximum absolute atomic E-state index is 12.7. The highest BCUT2D eigenvalue weighted by atomic mass is 16.5. The van der Waals surface area contributed by atoms with Gasteiger partial charge in [-0.25, -0.2) is 0 Å². The topological polar surface area (TPSA) is 89.2 Å². The lowest BCUT2D eigenvalue weighted by Crippen LogP contribution is -2.40. The number of hydrogen-bond acceptors (Lipinski definition) is 7. The summed E-state index contributed by atoms with van der Waals surface area (Å²) in [5.41, 5.74) is 7.89. The SMILES string of the molecule is COc1ccc([C@H](c2ccc(OC)c(OC)c2OC)[C@H](N)C(=O)OC(C)C)cc1. The van der Waals surface area contributed by atoms with E-state index in [0.29, 0.717) is 28.6 Å². The number of hydrogen-bond donors (Lipinski definition) is 1. The van der Waals surface area contributed by atoms with Gasteiger partial charge in [0, 0.05) is 11.5 Å².